The Labute approximate surface area is 108 Å². The van der Waals surface area contributed by atoms with E-state index in [0.717, 1.165) is 12.8 Å². The number of rotatable bonds is 4. The van der Waals surface area contributed by atoms with Crippen LogP contribution in [0, 0.1) is 0 Å². The summed E-state index contributed by atoms with van der Waals surface area (Å²) in [5.74, 6) is 0.0259. The van der Waals surface area contributed by atoms with Crippen LogP contribution < -0.4 is 0 Å². The van der Waals surface area contributed by atoms with E-state index in [2.05, 4.69) is 0 Å². The maximum absolute atomic E-state index is 12.0. The molecule has 18 heavy (non-hydrogen) atoms. The van der Waals surface area contributed by atoms with Crippen molar-refractivity contribution in [2.45, 2.75) is 51.7 Å². The van der Waals surface area contributed by atoms with Gasteiger partial charge < -0.3 is 14.4 Å². The zero-order valence-corrected chi connectivity index (χ0v) is 11.7. The molecule has 0 aromatic rings. The second kappa shape index (κ2) is 6.18. The molecule has 1 rings (SSSR count). The van der Waals surface area contributed by atoms with Crippen molar-refractivity contribution < 1.29 is 19.1 Å². The molecule has 5 nitrogen and oxygen atoms in total. The second-order valence-electron chi connectivity index (χ2n) is 5.65. The molecule has 1 aliphatic rings. The summed E-state index contributed by atoms with van der Waals surface area (Å²) >= 11 is 0. The van der Waals surface area contributed by atoms with Crippen molar-refractivity contribution in [2.24, 2.45) is 0 Å². The van der Waals surface area contributed by atoms with E-state index in [1.165, 1.54) is 7.11 Å². The lowest BCUT2D eigenvalue weighted by Gasteiger charge is -2.28. The lowest BCUT2D eigenvalue weighted by molar-refractivity contribution is -0.123. The molecule has 0 saturated carbocycles. The third kappa shape index (κ3) is 4.64. The number of hydrogen-bond acceptors (Lipinski definition) is 4. The highest BCUT2D eigenvalue weighted by Crippen LogP contribution is 2.23. The van der Waals surface area contributed by atoms with Crippen molar-refractivity contribution in [1.29, 1.82) is 0 Å². The number of likely N-dealkylation sites (tertiary alicyclic amines) is 1. The third-order valence-corrected chi connectivity index (χ3v) is 2.77. The number of carbonyl (C=O) groups is 2. The standard InChI is InChI=1S/C13H23NO4/c1-13(2,3)18-12(16)14-7-5-6-10(14)8-11(15)9-17-4/h10H,5-9H2,1-4H3. The van der Waals surface area contributed by atoms with Gasteiger partial charge in [-0.05, 0) is 33.6 Å². The van der Waals surface area contributed by atoms with E-state index in [0.29, 0.717) is 13.0 Å². The first-order valence-electron chi connectivity index (χ1n) is 6.34. The fourth-order valence-electron chi connectivity index (χ4n) is 2.09. The van der Waals surface area contributed by atoms with E-state index in [1.807, 2.05) is 20.8 Å². The maximum atomic E-state index is 12.0. The van der Waals surface area contributed by atoms with Gasteiger partial charge in [-0.25, -0.2) is 4.79 Å². The Kier molecular flexibility index (Phi) is 5.14. The van der Waals surface area contributed by atoms with E-state index in [9.17, 15) is 9.59 Å². The molecule has 0 N–H and O–H groups in total. The van der Waals surface area contributed by atoms with Gasteiger partial charge in [-0.15, -0.1) is 0 Å². The van der Waals surface area contributed by atoms with E-state index in [-0.39, 0.29) is 24.5 Å². The highest BCUT2D eigenvalue weighted by molar-refractivity contribution is 5.81. The quantitative estimate of drug-likeness (QED) is 0.773. The molecule has 1 amide bonds. The number of nitrogens with zero attached hydrogens (tertiary/aromatic N) is 1. The number of carbonyl (C=O) groups excluding carboxylic acids is 2. The molecule has 0 radical (unpaired) electrons. The molecule has 1 fully saturated rings. The summed E-state index contributed by atoms with van der Waals surface area (Å²) in [6.45, 7) is 6.29. The zero-order chi connectivity index (χ0) is 13.8. The highest BCUT2D eigenvalue weighted by atomic mass is 16.6. The third-order valence-electron chi connectivity index (χ3n) is 2.77. The van der Waals surface area contributed by atoms with Gasteiger partial charge in [-0.1, -0.05) is 0 Å². The number of hydrogen-bond donors (Lipinski definition) is 0. The van der Waals surface area contributed by atoms with Crippen LogP contribution in [0.15, 0.2) is 0 Å². The first kappa shape index (κ1) is 15.0. The van der Waals surface area contributed by atoms with Gasteiger partial charge in [0.25, 0.3) is 0 Å². The Morgan fingerprint density at radius 2 is 2.00 bits per heavy atom. The number of Topliss-reactive ketones (excluding diaryl/α,β-unsaturated/α-hetero) is 1. The molecule has 1 atom stereocenters. The predicted octanol–water partition coefficient (Wildman–Crippen LogP) is 1.99. The van der Waals surface area contributed by atoms with E-state index in [4.69, 9.17) is 9.47 Å². The average molecular weight is 257 g/mol. The summed E-state index contributed by atoms with van der Waals surface area (Å²) in [4.78, 5) is 25.2. The lowest BCUT2D eigenvalue weighted by Crippen LogP contribution is -2.40. The van der Waals surface area contributed by atoms with Crippen LogP contribution in [-0.4, -0.2) is 48.7 Å². The molecular weight excluding hydrogens is 234 g/mol. The Hall–Kier alpha value is -1.10. The van der Waals surface area contributed by atoms with Crippen LogP contribution >= 0.6 is 0 Å². The Bertz CT molecular complexity index is 309. The average Bonchev–Trinajstić information content (AvgIpc) is 2.63. The molecule has 0 spiro atoms. The van der Waals surface area contributed by atoms with Crippen LogP contribution in [0.5, 0.6) is 0 Å². The van der Waals surface area contributed by atoms with E-state index >= 15 is 0 Å². The monoisotopic (exact) mass is 257 g/mol. The molecule has 0 aliphatic carbocycles. The molecular formula is C13H23NO4. The van der Waals surface area contributed by atoms with Gasteiger partial charge in [-0.3, -0.25) is 4.79 Å². The van der Waals surface area contributed by atoms with E-state index in [1.54, 1.807) is 4.90 Å². The second-order valence-corrected chi connectivity index (χ2v) is 5.65. The van der Waals surface area contributed by atoms with Crippen LogP contribution in [0.3, 0.4) is 0 Å². The fraction of sp³-hybridized carbons (Fsp3) is 0.846. The van der Waals surface area contributed by atoms with Crippen molar-refractivity contribution in [1.82, 2.24) is 4.90 Å². The topological polar surface area (TPSA) is 55.8 Å². The van der Waals surface area contributed by atoms with Gasteiger partial charge in [0, 0.05) is 26.1 Å². The maximum Gasteiger partial charge on any atom is 0.410 e. The molecule has 1 unspecified atom stereocenters. The number of ether oxygens (including phenoxy) is 2. The van der Waals surface area contributed by atoms with Crippen molar-refractivity contribution in [2.75, 3.05) is 20.3 Å². The van der Waals surface area contributed by atoms with Gasteiger partial charge in [0.2, 0.25) is 0 Å². The van der Waals surface area contributed by atoms with Crippen LogP contribution in [0.1, 0.15) is 40.0 Å². The molecule has 1 aliphatic heterocycles. The van der Waals surface area contributed by atoms with Crippen LogP contribution in [0.2, 0.25) is 0 Å². The highest BCUT2D eigenvalue weighted by Gasteiger charge is 2.33. The summed E-state index contributed by atoms with van der Waals surface area (Å²) in [5.41, 5.74) is -0.499. The van der Waals surface area contributed by atoms with Gasteiger partial charge in [0.1, 0.15) is 12.2 Å². The molecule has 5 heteroatoms. The van der Waals surface area contributed by atoms with Crippen LogP contribution in [-0.2, 0) is 14.3 Å². The van der Waals surface area contributed by atoms with Crippen molar-refractivity contribution in [3.8, 4) is 0 Å². The lowest BCUT2D eigenvalue weighted by atomic mass is 10.1. The fourth-order valence-corrected chi connectivity index (χ4v) is 2.09. The Balaban J connectivity index is 2.54. The number of methoxy groups -OCH3 is 1. The normalized spacial score (nSPS) is 20.0. The number of ketones is 1. The summed E-state index contributed by atoms with van der Waals surface area (Å²) in [6, 6.07) is -0.0394. The van der Waals surface area contributed by atoms with Crippen molar-refractivity contribution in [3.63, 3.8) is 0 Å². The minimum absolute atomic E-state index is 0.0259. The van der Waals surface area contributed by atoms with Crippen LogP contribution in [0.25, 0.3) is 0 Å². The first-order valence-corrected chi connectivity index (χ1v) is 6.34. The van der Waals surface area contributed by atoms with Gasteiger partial charge >= 0.3 is 6.09 Å². The summed E-state index contributed by atoms with van der Waals surface area (Å²) in [5, 5.41) is 0. The van der Waals surface area contributed by atoms with Gasteiger partial charge in [0.15, 0.2) is 5.78 Å². The van der Waals surface area contributed by atoms with Crippen molar-refractivity contribution >= 4 is 11.9 Å². The Morgan fingerprint density at radius 3 is 2.56 bits per heavy atom. The zero-order valence-electron chi connectivity index (χ0n) is 11.7. The SMILES string of the molecule is COCC(=O)CC1CCCN1C(=O)OC(C)(C)C. The smallest absolute Gasteiger partial charge is 0.410 e. The Morgan fingerprint density at radius 1 is 1.33 bits per heavy atom. The largest absolute Gasteiger partial charge is 0.444 e. The molecule has 1 saturated heterocycles. The predicted molar refractivity (Wildman–Crippen MR) is 67.5 cm³/mol. The summed E-state index contributed by atoms with van der Waals surface area (Å²) in [7, 11) is 1.50. The molecule has 0 aromatic carbocycles. The summed E-state index contributed by atoms with van der Waals surface area (Å²) < 4.78 is 10.1. The van der Waals surface area contributed by atoms with Crippen molar-refractivity contribution in [3.05, 3.63) is 0 Å². The first-order chi connectivity index (χ1) is 8.33. The van der Waals surface area contributed by atoms with Gasteiger partial charge in [0.05, 0.1) is 0 Å². The molecule has 0 aromatic heterocycles. The molecule has 0 bridgehead atoms. The van der Waals surface area contributed by atoms with E-state index < -0.39 is 5.60 Å². The van der Waals surface area contributed by atoms with Gasteiger partial charge in [-0.2, -0.15) is 0 Å². The minimum Gasteiger partial charge on any atom is -0.444 e. The molecule has 1 heterocycles. The molecule has 104 valence electrons. The van der Waals surface area contributed by atoms with Crippen LogP contribution in [0.4, 0.5) is 4.79 Å². The number of amides is 1. The summed E-state index contributed by atoms with van der Waals surface area (Å²) in [6.07, 6.45) is 1.81. The minimum atomic E-state index is -0.499.